The fourth-order valence-electron chi connectivity index (χ4n) is 3.61. The Hall–Kier alpha value is -2.32. The zero-order valence-electron chi connectivity index (χ0n) is 17.0. The minimum absolute atomic E-state index is 0.0542. The number of para-hydroxylation sites is 2. The number of fused-ring (bicyclic) bond motifs is 3. The van der Waals surface area contributed by atoms with Crippen LogP contribution in [0.2, 0.25) is 0 Å². The molecule has 0 unspecified atom stereocenters. The number of hydrogen-bond acceptors (Lipinski definition) is 6. The number of carbonyl (C=O) groups excluding carboxylic acids is 1. The molecule has 2 N–H and O–H groups in total. The van der Waals surface area contributed by atoms with Crippen LogP contribution >= 0.6 is 23.1 Å². The second kappa shape index (κ2) is 9.66. The monoisotopic (exact) mass is 443 g/mol. The Balaban J connectivity index is 1.37. The van der Waals surface area contributed by atoms with Crippen LogP contribution in [0.5, 0.6) is 5.75 Å². The molecule has 0 saturated heterocycles. The number of nitrogens with one attached hydrogen (secondary N) is 2. The average molecular weight is 444 g/mol. The lowest BCUT2D eigenvalue weighted by Crippen LogP contribution is -2.16. The highest BCUT2D eigenvalue weighted by Gasteiger charge is 2.19. The topological polar surface area (TPSA) is 84.1 Å². The number of ether oxygens (including phenoxy) is 1. The molecule has 2 aromatic heterocycles. The molecule has 30 heavy (non-hydrogen) atoms. The number of aromatic nitrogens is 2. The van der Waals surface area contributed by atoms with Gasteiger partial charge in [-0.15, -0.1) is 23.1 Å². The number of amides is 1. The molecule has 0 saturated carbocycles. The van der Waals surface area contributed by atoms with Crippen molar-refractivity contribution in [1.29, 1.82) is 0 Å². The van der Waals surface area contributed by atoms with Gasteiger partial charge in [0.05, 0.1) is 29.2 Å². The Bertz CT molecular complexity index is 1110. The highest BCUT2D eigenvalue weighted by Crippen LogP contribution is 2.33. The summed E-state index contributed by atoms with van der Waals surface area (Å²) in [6.45, 7) is 2.65. The Morgan fingerprint density at radius 1 is 1.30 bits per heavy atom. The molecule has 1 aromatic carbocycles. The second-order valence-corrected chi connectivity index (χ2v) is 9.36. The Labute approximate surface area is 183 Å². The van der Waals surface area contributed by atoms with Crippen molar-refractivity contribution in [2.24, 2.45) is 0 Å². The van der Waals surface area contributed by atoms with Gasteiger partial charge in [0.25, 0.3) is 5.56 Å². The summed E-state index contributed by atoms with van der Waals surface area (Å²) in [4.78, 5) is 34.7. The zero-order valence-corrected chi connectivity index (χ0v) is 18.6. The van der Waals surface area contributed by atoms with E-state index in [-0.39, 0.29) is 17.2 Å². The van der Waals surface area contributed by atoms with Gasteiger partial charge in [0.1, 0.15) is 16.4 Å². The quantitative estimate of drug-likeness (QED) is 0.535. The van der Waals surface area contributed by atoms with Crippen molar-refractivity contribution in [2.45, 2.75) is 44.8 Å². The van der Waals surface area contributed by atoms with Crippen molar-refractivity contribution in [3.05, 3.63) is 50.9 Å². The van der Waals surface area contributed by atoms with E-state index >= 15 is 0 Å². The van der Waals surface area contributed by atoms with E-state index in [0.717, 1.165) is 35.9 Å². The second-order valence-electron chi connectivity index (χ2n) is 7.29. The molecule has 3 aromatic rings. The number of rotatable bonds is 8. The summed E-state index contributed by atoms with van der Waals surface area (Å²) >= 11 is 3.07. The summed E-state index contributed by atoms with van der Waals surface area (Å²) in [6.07, 6.45) is 5.24. The minimum Gasteiger partial charge on any atom is -0.491 e. The fraction of sp³-hybridized carbons (Fsp3) is 0.409. The lowest BCUT2D eigenvalue weighted by Gasteiger charge is -2.11. The zero-order chi connectivity index (χ0) is 20.9. The van der Waals surface area contributed by atoms with Crippen LogP contribution in [0.4, 0.5) is 5.69 Å². The first kappa shape index (κ1) is 20.9. The van der Waals surface area contributed by atoms with Crippen LogP contribution in [0.3, 0.4) is 0 Å². The van der Waals surface area contributed by atoms with Gasteiger partial charge in [0.2, 0.25) is 5.91 Å². The molecule has 0 spiro atoms. The van der Waals surface area contributed by atoms with Gasteiger partial charge in [-0.25, -0.2) is 4.98 Å². The van der Waals surface area contributed by atoms with Crippen LogP contribution in [0.1, 0.15) is 42.5 Å². The Morgan fingerprint density at radius 2 is 2.13 bits per heavy atom. The Kier molecular flexibility index (Phi) is 6.74. The van der Waals surface area contributed by atoms with Gasteiger partial charge in [-0.2, -0.15) is 0 Å². The number of thioether (sulfide) groups is 1. The molecule has 0 fully saturated rings. The number of H-pyrrole nitrogens is 1. The maximum Gasteiger partial charge on any atom is 0.259 e. The molecule has 1 amide bonds. The molecule has 158 valence electrons. The third-order valence-electron chi connectivity index (χ3n) is 4.97. The van der Waals surface area contributed by atoms with Crippen LogP contribution in [0, 0.1) is 0 Å². The highest BCUT2D eigenvalue weighted by molar-refractivity contribution is 7.99. The first-order chi connectivity index (χ1) is 14.7. The predicted octanol–water partition coefficient (Wildman–Crippen LogP) is 4.52. The molecule has 6 nitrogen and oxygen atoms in total. The van der Waals surface area contributed by atoms with Crippen LogP contribution in [0.25, 0.3) is 10.2 Å². The van der Waals surface area contributed by atoms with Crippen molar-refractivity contribution in [3.63, 3.8) is 0 Å². The van der Waals surface area contributed by atoms with Crippen molar-refractivity contribution < 1.29 is 9.53 Å². The molecule has 8 heteroatoms. The van der Waals surface area contributed by atoms with E-state index in [0.29, 0.717) is 29.6 Å². The summed E-state index contributed by atoms with van der Waals surface area (Å²) in [6, 6.07) is 7.43. The van der Waals surface area contributed by atoms with Gasteiger partial charge < -0.3 is 15.0 Å². The van der Waals surface area contributed by atoms with Gasteiger partial charge in [0, 0.05) is 4.88 Å². The van der Waals surface area contributed by atoms with Crippen molar-refractivity contribution in [2.75, 3.05) is 17.7 Å². The van der Waals surface area contributed by atoms with Crippen molar-refractivity contribution in [3.8, 4) is 5.75 Å². The molecular formula is C22H25N3O3S2. The average Bonchev–Trinajstić information content (AvgIpc) is 3.12. The maximum atomic E-state index is 12.6. The summed E-state index contributed by atoms with van der Waals surface area (Å²) in [5.74, 6) is 1.94. The minimum atomic E-state index is -0.109. The summed E-state index contributed by atoms with van der Waals surface area (Å²) in [7, 11) is 0. The number of carbonyl (C=O) groups is 1. The van der Waals surface area contributed by atoms with Gasteiger partial charge >= 0.3 is 0 Å². The number of anilines is 1. The summed E-state index contributed by atoms with van der Waals surface area (Å²) in [5.41, 5.74) is 1.81. The fourth-order valence-corrected chi connectivity index (χ4v) is 5.58. The normalized spacial score (nSPS) is 13.2. The molecule has 0 aliphatic heterocycles. The number of aromatic amines is 1. The number of nitrogens with zero attached hydrogens (tertiary/aromatic N) is 1. The van der Waals surface area contributed by atoms with Crippen molar-refractivity contribution >= 4 is 44.9 Å². The van der Waals surface area contributed by atoms with Crippen molar-refractivity contribution in [1.82, 2.24) is 9.97 Å². The van der Waals surface area contributed by atoms with Gasteiger partial charge in [0.15, 0.2) is 0 Å². The molecule has 0 bridgehead atoms. The lowest BCUT2D eigenvalue weighted by molar-refractivity contribution is -0.113. The van der Waals surface area contributed by atoms with Crippen LogP contribution < -0.4 is 15.6 Å². The van der Waals surface area contributed by atoms with E-state index in [9.17, 15) is 9.59 Å². The van der Waals surface area contributed by atoms with E-state index in [2.05, 4.69) is 15.3 Å². The highest BCUT2D eigenvalue weighted by atomic mass is 32.2. The molecule has 2 heterocycles. The third-order valence-corrected chi connectivity index (χ3v) is 7.10. The largest absolute Gasteiger partial charge is 0.491 e. The van der Waals surface area contributed by atoms with Crippen LogP contribution in [0.15, 0.2) is 29.1 Å². The summed E-state index contributed by atoms with van der Waals surface area (Å²) < 4.78 is 5.68. The molecule has 4 rings (SSSR count). The number of benzene rings is 1. The Morgan fingerprint density at radius 3 is 3.00 bits per heavy atom. The molecule has 1 aliphatic carbocycles. The summed E-state index contributed by atoms with van der Waals surface area (Å²) in [5, 5.41) is 3.67. The van der Waals surface area contributed by atoms with E-state index in [1.807, 2.05) is 31.2 Å². The third kappa shape index (κ3) is 4.70. The first-order valence-corrected chi connectivity index (χ1v) is 12.3. The predicted molar refractivity (Wildman–Crippen MR) is 124 cm³/mol. The van der Waals surface area contributed by atoms with E-state index in [1.54, 1.807) is 11.3 Å². The molecule has 0 radical (unpaired) electrons. The lowest BCUT2D eigenvalue weighted by atomic mass is 9.97. The molecule has 1 aliphatic rings. The first-order valence-electron chi connectivity index (χ1n) is 10.3. The molecule has 0 atom stereocenters. The van der Waals surface area contributed by atoms with E-state index < -0.39 is 0 Å². The van der Waals surface area contributed by atoms with Crippen LogP contribution in [-0.2, 0) is 23.4 Å². The smallest absolute Gasteiger partial charge is 0.259 e. The van der Waals surface area contributed by atoms with E-state index in [4.69, 9.17) is 4.74 Å². The van der Waals surface area contributed by atoms with E-state index in [1.165, 1.54) is 28.6 Å². The number of aryl methyl sites for hydroxylation is 2. The standard InChI is InChI=1S/C22H25N3O3S2/c1-2-11-28-16-9-5-4-8-15(16)23-19(26)13-29-12-18-24-21(27)20-14-7-3-6-10-17(14)30-22(20)25-18/h4-5,8-9H,2-3,6-7,10-13H2,1H3,(H,23,26)(H,24,25,27). The SMILES string of the molecule is CCCOc1ccccc1NC(=O)CSCc1nc2sc3c(c2c(=O)[nH]1)CCCC3. The maximum absolute atomic E-state index is 12.6. The van der Waals surface area contributed by atoms with Gasteiger partial charge in [-0.05, 0) is 49.8 Å². The van der Waals surface area contributed by atoms with Gasteiger partial charge in [-0.1, -0.05) is 19.1 Å². The van der Waals surface area contributed by atoms with Gasteiger partial charge in [-0.3, -0.25) is 9.59 Å². The number of hydrogen-bond donors (Lipinski definition) is 2. The molecular weight excluding hydrogens is 418 g/mol. The van der Waals surface area contributed by atoms with Crippen LogP contribution in [-0.4, -0.2) is 28.2 Å². The number of thiophene rings is 1.